The molecule has 1 fully saturated rings. The molecule has 3 aliphatic rings. The van der Waals surface area contributed by atoms with Crippen LogP contribution in [0.1, 0.15) is 35.0 Å². The number of nitrogens with one attached hydrogen (secondary N) is 1. The Hall–Kier alpha value is -5.78. The summed E-state index contributed by atoms with van der Waals surface area (Å²) in [6, 6.07) is 10.7. The zero-order valence-corrected chi connectivity index (χ0v) is 40.8. The van der Waals surface area contributed by atoms with Crippen LogP contribution in [0.4, 0.5) is 11.5 Å². The topological polar surface area (TPSA) is 496 Å². The molecule has 30 nitrogen and oxygen atoms in total. The van der Waals surface area contributed by atoms with Gasteiger partial charge in [-0.15, -0.1) is 0 Å². The lowest BCUT2D eigenvalue weighted by Crippen LogP contribution is -2.47. The molecule has 72 heavy (non-hydrogen) atoms. The van der Waals surface area contributed by atoms with E-state index in [0.717, 1.165) is 18.3 Å². The van der Waals surface area contributed by atoms with Gasteiger partial charge >= 0.3 is 39.3 Å². The lowest BCUT2D eigenvalue weighted by atomic mass is 9.90. The number of nitrogens with two attached hydrogens (primary N) is 3. The summed E-state index contributed by atoms with van der Waals surface area (Å²) in [5, 5.41) is 28.9. The molecule has 2 aromatic carbocycles. The minimum Gasteiger partial charge on any atom is -0.744 e. The lowest BCUT2D eigenvalue weighted by Gasteiger charge is -2.23. The number of rotatable bonds is 17. The number of carbonyl (C=O) groups is 2. The number of aromatic nitrogens is 2. The number of nitrogen functional groups attached to an aromatic ring is 2. The van der Waals surface area contributed by atoms with Crippen molar-refractivity contribution in [3.63, 3.8) is 0 Å². The summed E-state index contributed by atoms with van der Waals surface area (Å²) in [6.45, 7) is -1.51. The van der Waals surface area contributed by atoms with Crippen LogP contribution in [-0.2, 0) is 56.6 Å². The number of hydrogen-bond donors (Lipinski definition) is 11. The minimum absolute atomic E-state index is 0.000697. The van der Waals surface area contributed by atoms with Crippen LogP contribution >= 0.6 is 23.5 Å². The summed E-state index contributed by atoms with van der Waals surface area (Å²) in [6.07, 6.45) is -6.55. The first-order chi connectivity index (χ1) is 33.3. The van der Waals surface area contributed by atoms with Crippen LogP contribution < -0.4 is 33.2 Å². The second-order valence-corrected chi connectivity index (χ2v) is 22.3. The quantitative estimate of drug-likeness (QED) is 0.0154. The molecule has 1 aromatic heterocycles. The number of nitrogens with zero attached hydrogens (tertiary/aromatic N) is 3. The fourth-order valence-corrected chi connectivity index (χ4v) is 11.7. The highest BCUT2D eigenvalue weighted by molar-refractivity contribution is 7.86. The molecule has 0 saturated carbocycles. The van der Waals surface area contributed by atoms with Crippen molar-refractivity contribution in [2.45, 2.75) is 47.2 Å². The average Bonchev–Trinajstić information content (AvgIpc) is 3.53. The maximum absolute atomic E-state index is 14.1. The van der Waals surface area contributed by atoms with Crippen molar-refractivity contribution in [3.8, 4) is 34.3 Å². The molecule has 2 unspecified atom stereocenters. The van der Waals surface area contributed by atoms with Crippen LogP contribution in [0.15, 0.2) is 73.7 Å². The Morgan fingerprint density at radius 2 is 1.65 bits per heavy atom. The van der Waals surface area contributed by atoms with E-state index in [1.165, 1.54) is 48.3 Å². The molecular weight excluding hydrogens is 1070 g/mol. The van der Waals surface area contributed by atoms with Crippen LogP contribution in [0.25, 0.3) is 33.4 Å². The summed E-state index contributed by atoms with van der Waals surface area (Å²) in [4.78, 5) is 78.8. The molecule has 388 valence electrons. The number of aliphatic hydroxyl groups is 2. The van der Waals surface area contributed by atoms with Crippen LogP contribution in [-0.4, -0.2) is 127 Å². The first-order valence-corrected chi connectivity index (χ1v) is 27.3. The van der Waals surface area contributed by atoms with Crippen LogP contribution in [0.2, 0.25) is 0 Å². The van der Waals surface area contributed by atoms with Crippen molar-refractivity contribution in [1.29, 1.82) is 0 Å². The zero-order valence-electron chi connectivity index (χ0n) is 36.4. The third-order valence-electron chi connectivity index (χ3n) is 10.2. The normalized spacial score (nSPS) is 19.0. The minimum atomic E-state index is -5.88. The molecule has 0 radical (unpaired) electrons. The van der Waals surface area contributed by atoms with Gasteiger partial charge in [-0.25, -0.2) is 26.9 Å². The van der Waals surface area contributed by atoms with Gasteiger partial charge in [-0.3, -0.25) is 28.6 Å². The molecule has 2 amide bonds. The van der Waals surface area contributed by atoms with E-state index in [1.54, 1.807) is 0 Å². The smallest absolute Gasteiger partial charge is 0.490 e. The number of carbonyl (C=O) groups excluding carboxylic acids is 2. The van der Waals surface area contributed by atoms with Gasteiger partial charge in [0.25, 0.3) is 5.91 Å². The fourth-order valence-electron chi connectivity index (χ4n) is 7.18. The Bertz CT molecular complexity index is 3540. The third-order valence-corrected chi connectivity index (χ3v) is 15.9. The zero-order chi connectivity index (χ0) is 53.5. The number of ether oxygens (including phenoxy) is 1. The molecule has 6 rings (SSSR count). The lowest BCUT2D eigenvalue weighted by molar-refractivity contribution is -0.176. The second kappa shape index (κ2) is 21.0. The van der Waals surface area contributed by atoms with E-state index in [0.29, 0.717) is 4.57 Å². The van der Waals surface area contributed by atoms with Gasteiger partial charge in [0.15, 0.2) is 17.6 Å². The van der Waals surface area contributed by atoms with Crippen molar-refractivity contribution >= 4 is 78.0 Å². The van der Waals surface area contributed by atoms with Gasteiger partial charge in [-0.1, -0.05) is 30.0 Å². The van der Waals surface area contributed by atoms with E-state index in [9.17, 15) is 74.0 Å². The van der Waals surface area contributed by atoms with E-state index in [2.05, 4.69) is 35.3 Å². The average molecular weight is 1110 g/mol. The number of phosphoric ester groups is 1. The summed E-state index contributed by atoms with van der Waals surface area (Å²) in [5.41, 5.74) is 9.20. The first-order valence-electron chi connectivity index (χ1n) is 19.9. The van der Waals surface area contributed by atoms with Crippen LogP contribution in [0.5, 0.6) is 0 Å². The molecule has 35 heteroatoms. The molecule has 0 spiro atoms. The van der Waals surface area contributed by atoms with E-state index in [4.69, 9.17) is 35.8 Å². The Morgan fingerprint density at radius 1 is 0.972 bits per heavy atom. The highest BCUT2D eigenvalue weighted by Gasteiger charge is 2.47. The summed E-state index contributed by atoms with van der Waals surface area (Å²) >= 11 is 0. The van der Waals surface area contributed by atoms with Crippen LogP contribution in [0, 0.1) is 11.8 Å². The van der Waals surface area contributed by atoms with E-state index < -0.39 is 130 Å². The predicted molar refractivity (Wildman–Crippen MR) is 240 cm³/mol. The molecule has 1 aliphatic carbocycles. The molecule has 1 saturated heterocycles. The van der Waals surface area contributed by atoms with Gasteiger partial charge in [0.1, 0.15) is 39.1 Å². The molecule has 3 aromatic rings. The molecule has 2 aliphatic heterocycles. The third kappa shape index (κ3) is 12.7. The Labute approximate surface area is 404 Å². The van der Waals surface area contributed by atoms with Gasteiger partial charge in [0, 0.05) is 54.4 Å². The van der Waals surface area contributed by atoms with E-state index in [-0.39, 0.29) is 59.1 Å². The van der Waals surface area contributed by atoms with Gasteiger partial charge in [0.2, 0.25) is 16.2 Å². The van der Waals surface area contributed by atoms with Crippen molar-refractivity contribution in [3.05, 3.63) is 81.7 Å². The number of aliphatic hydroxyl groups excluding tert-OH is 2. The maximum Gasteiger partial charge on any atom is 0.490 e. The van der Waals surface area contributed by atoms with Crippen LogP contribution in [0.3, 0.4) is 0 Å². The standard InChI is InChI=1S/C37H40N7O23P3S2/c1-43(35(48)20-8-3-2-7-19(20)27-21-10-12-23(38)32(71(57,58)59)30(21)65-31-22(27)11-13-24(39)33(31)72(60,61)62)15-5-9-26(45)41-14-4-6-18-16-44(37(49)42-34(18)40)36-29(47)28(46)25(64-36)17-63-69(53,54)67-70(55,56)66-68(50,51)52/h2-3,7-8,10-13,16,25,28-29,36,38,46-47H,5,9,14-15,17,39H2,1H3,(H,41,45)(H,53,54)(H,55,56)(H2,40,42,49)(H2,50,51,52)(H,57,58,59)(H,60,61,62)/t25-,28-,29-,36-/m1/s1. The highest BCUT2D eigenvalue weighted by atomic mass is 32.2. The highest BCUT2D eigenvalue weighted by Crippen LogP contribution is 2.66. The Balaban J connectivity index is 1.12. The van der Waals surface area contributed by atoms with Crippen molar-refractivity contribution in [2.75, 3.05) is 38.2 Å². The molecule has 3 heterocycles. The first kappa shape index (κ1) is 55.5. The van der Waals surface area contributed by atoms with Gasteiger partial charge in [-0.2, -0.15) is 22.0 Å². The Morgan fingerprint density at radius 3 is 2.31 bits per heavy atom. The number of anilines is 2. The molecular formula is C37H40N7O23P3S2. The largest absolute Gasteiger partial charge is 0.744 e. The number of benzene rings is 3. The molecule has 14 N–H and O–H groups in total. The van der Waals surface area contributed by atoms with Gasteiger partial charge < -0.3 is 65.2 Å². The predicted octanol–water partition coefficient (Wildman–Crippen LogP) is -2.28. The number of amides is 2. The monoisotopic (exact) mass is 1110 g/mol. The number of fused-ring (bicyclic) bond motifs is 2. The van der Waals surface area contributed by atoms with Gasteiger partial charge in [-0.05, 0) is 36.2 Å². The summed E-state index contributed by atoms with van der Waals surface area (Å²) in [7, 11) is -26.4. The maximum atomic E-state index is 14.1. The molecule has 6 atom stereocenters. The van der Waals surface area contributed by atoms with E-state index >= 15 is 0 Å². The SMILES string of the molecule is CN(CCCC(=O)NCC#Cc1cn([C@@H]2O[C@H](COP(=O)(O)OP(=O)(O)OP(=O)(O)O)[C@@H](O)[C@H]2O)c(=O)nc1N)C(=O)c1ccccc1-c1c2ccc(=[NH2+])c(S(=O)(=O)O)c-2oc2c(S(=O)(=O)[O-])c(N)ccc12. The van der Waals surface area contributed by atoms with E-state index in [1.807, 2.05) is 0 Å². The second-order valence-electron chi connectivity index (χ2n) is 15.2. The van der Waals surface area contributed by atoms with Gasteiger partial charge in [0.05, 0.1) is 24.4 Å². The number of phosphoric acid groups is 3. The summed E-state index contributed by atoms with van der Waals surface area (Å²) in [5.74, 6) is 2.90. The summed E-state index contributed by atoms with van der Waals surface area (Å²) < 4.78 is 131. The van der Waals surface area contributed by atoms with Crippen molar-refractivity contribution in [2.24, 2.45) is 0 Å². The van der Waals surface area contributed by atoms with Crippen molar-refractivity contribution < 1.29 is 107 Å². The van der Waals surface area contributed by atoms with Crippen molar-refractivity contribution in [1.82, 2.24) is 19.8 Å². The number of hydrogen-bond acceptors (Lipinski definition) is 21. The Kier molecular flexibility index (Phi) is 16.2. The molecule has 0 bridgehead atoms. The fraction of sp³-hybridized carbons (Fsp3) is 0.270.